The highest BCUT2D eigenvalue weighted by atomic mass is 35.5. The monoisotopic (exact) mass is 297 g/mol. The molecule has 2 aromatic heterocycles. The third kappa shape index (κ3) is 3.08. The normalized spacial score (nSPS) is 10.5. The number of hydrogen-bond donors (Lipinski definition) is 1. The molecule has 0 aromatic carbocycles. The van der Waals surface area contributed by atoms with Crippen LogP contribution in [-0.4, -0.2) is 9.97 Å². The molecule has 0 amide bonds. The lowest BCUT2D eigenvalue weighted by Crippen LogP contribution is -1.99. The van der Waals surface area contributed by atoms with Crippen LogP contribution in [0.15, 0.2) is 18.2 Å². The Labute approximate surface area is 121 Å². The number of ether oxygens (including phenoxy) is 1. The number of nitrogens with zero attached hydrogens (tertiary/aromatic N) is 2. The van der Waals surface area contributed by atoms with E-state index in [2.05, 4.69) is 9.97 Å². The van der Waals surface area contributed by atoms with E-state index in [0.717, 1.165) is 17.8 Å². The number of rotatable bonds is 3. The minimum atomic E-state index is 0.180. The smallest absolute Gasteiger partial charge is 0.240 e. The van der Waals surface area contributed by atoms with Crippen molar-refractivity contribution in [3.8, 4) is 11.6 Å². The molecule has 2 N–H and O–H groups in total. The molecule has 0 saturated carbocycles. The van der Waals surface area contributed by atoms with Crippen molar-refractivity contribution >= 4 is 29.0 Å². The van der Waals surface area contributed by atoms with Crippen LogP contribution in [0.25, 0.3) is 0 Å². The molecule has 0 aliphatic carbocycles. The number of pyridine rings is 2. The lowest BCUT2D eigenvalue weighted by molar-refractivity contribution is 0.455. The largest absolute Gasteiger partial charge is 0.436 e. The van der Waals surface area contributed by atoms with Gasteiger partial charge in [0.15, 0.2) is 5.75 Å². The van der Waals surface area contributed by atoms with Gasteiger partial charge in [-0.2, -0.15) is 4.98 Å². The van der Waals surface area contributed by atoms with Crippen molar-refractivity contribution in [1.82, 2.24) is 9.97 Å². The van der Waals surface area contributed by atoms with Gasteiger partial charge in [-0.15, -0.1) is 0 Å². The molecular weight excluding hydrogens is 285 g/mol. The van der Waals surface area contributed by atoms with Crippen LogP contribution in [0, 0.1) is 6.92 Å². The molecule has 2 aromatic rings. The van der Waals surface area contributed by atoms with Crippen LogP contribution in [0.3, 0.4) is 0 Å². The summed E-state index contributed by atoms with van der Waals surface area (Å²) in [6, 6.07) is 5.21. The first-order valence-corrected chi connectivity index (χ1v) is 6.52. The fourth-order valence-corrected chi connectivity index (χ4v) is 1.98. The van der Waals surface area contributed by atoms with Crippen LogP contribution in [0.1, 0.15) is 18.3 Å². The molecule has 0 radical (unpaired) electrons. The first-order valence-electron chi connectivity index (χ1n) is 5.77. The van der Waals surface area contributed by atoms with Crippen LogP contribution < -0.4 is 10.5 Å². The fraction of sp³-hybridized carbons (Fsp3) is 0.231. The number of hydrogen-bond acceptors (Lipinski definition) is 4. The summed E-state index contributed by atoms with van der Waals surface area (Å²) in [4.78, 5) is 8.43. The average molecular weight is 298 g/mol. The molecule has 0 aliphatic heterocycles. The SMILES string of the molecule is CCc1nc(C)ccc1Oc1nc(N)c(Cl)cc1Cl. The summed E-state index contributed by atoms with van der Waals surface area (Å²) in [5, 5.41) is 0.608. The Bertz CT molecular complexity index is 617. The van der Waals surface area contributed by atoms with Crippen molar-refractivity contribution in [1.29, 1.82) is 0 Å². The van der Waals surface area contributed by atoms with E-state index in [0.29, 0.717) is 15.8 Å². The summed E-state index contributed by atoms with van der Waals surface area (Å²) in [7, 11) is 0. The van der Waals surface area contributed by atoms with E-state index in [9.17, 15) is 0 Å². The van der Waals surface area contributed by atoms with Gasteiger partial charge in [0.05, 0.1) is 10.7 Å². The molecule has 0 saturated heterocycles. The molecule has 2 heterocycles. The molecule has 6 heteroatoms. The molecule has 19 heavy (non-hydrogen) atoms. The van der Waals surface area contributed by atoms with Gasteiger partial charge in [-0.05, 0) is 31.5 Å². The Morgan fingerprint density at radius 3 is 2.63 bits per heavy atom. The maximum absolute atomic E-state index is 6.03. The van der Waals surface area contributed by atoms with Crippen molar-refractivity contribution < 1.29 is 4.74 Å². The molecule has 0 atom stereocenters. The minimum Gasteiger partial charge on any atom is -0.436 e. The fourth-order valence-electron chi connectivity index (χ4n) is 1.58. The predicted molar refractivity (Wildman–Crippen MR) is 77.1 cm³/mol. The van der Waals surface area contributed by atoms with Crippen LogP contribution in [0.4, 0.5) is 5.82 Å². The molecular formula is C13H13Cl2N3O. The molecule has 0 bridgehead atoms. The summed E-state index contributed by atoms with van der Waals surface area (Å²) >= 11 is 11.9. The minimum absolute atomic E-state index is 0.180. The maximum atomic E-state index is 6.03. The summed E-state index contributed by atoms with van der Waals surface area (Å²) in [5.41, 5.74) is 7.41. The quantitative estimate of drug-likeness (QED) is 0.929. The number of aryl methyl sites for hydroxylation is 2. The predicted octanol–water partition coefficient (Wildman–Crippen LogP) is 4.03. The lowest BCUT2D eigenvalue weighted by Gasteiger charge is -2.11. The molecule has 100 valence electrons. The van der Waals surface area contributed by atoms with Gasteiger partial charge in [-0.25, -0.2) is 0 Å². The number of halogens is 2. The highest BCUT2D eigenvalue weighted by Gasteiger charge is 2.12. The Balaban J connectivity index is 2.39. The Morgan fingerprint density at radius 2 is 1.95 bits per heavy atom. The van der Waals surface area contributed by atoms with Gasteiger partial charge < -0.3 is 10.5 Å². The number of anilines is 1. The molecule has 4 nitrogen and oxygen atoms in total. The van der Waals surface area contributed by atoms with E-state index in [1.807, 2.05) is 26.0 Å². The molecule has 2 rings (SSSR count). The van der Waals surface area contributed by atoms with Gasteiger partial charge in [-0.3, -0.25) is 4.98 Å². The van der Waals surface area contributed by atoms with Gasteiger partial charge >= 0.3 is 0 Å². The first kappa shape index (κ1) is 13.9. The number of nitrogen functional groups attached to an aromatic ring is 1. The third-order valence-electron chi connectivity index (χ3n) is 2.54. The van der Waals surface area contributed by atoms with Crippen LogP contribution >= 0.6 is 23.2 Å². The standard InChI is InChI=1S/C13H13Cl2N3O/c1-3-10-11(5-4-7(2)17-10)19-13-9(15)6-8(14)12(16)18-13/h4-6H,3H2,1-2H3,(H2,16,18). The second-order valence-electron chi connectivity index (χ2n) is 4.00. The third-order valence-corrected chi connectivity index (χ3v) is 3.11. The highest BCUT2D eigenvalue weighted by Crippen LogP contribution is 2.33. The summed E-state index contributed by atoms with van der Waals surface area (Å²) in [6.45, 7) is 3.92. The van der Waals surface area contributed by atoms with E-state index in [-0.39, 0.29) is 11.7 Å². The molecule has 0 spiro atoms. The first-order chi connectivity index (χ1) is 9.01. The lowest BCUT2D eigenvalue weighted by atomic mass is 10.2. The van der Waals surface area contributed by atoms with E-state index in [1.54, 1.807) is 0 Å². The van der Waals surface area contributed by atoms with E-state index in [1.165, 1.54) is 6.07 Å². The van der Waals surface area contributed by atoms with Crippen LogP contribution in [0.5, 0.6) is 11.6 Å². The molecule has 0 aliphatic rings. The number of nitrogens with two attached hydrogens (primary N) is 1. The van der Waals surface area contributed by atoms with E-state index < -0.39 is 0 Å². The zero-order valence-corrected chi connectivity index (χ0v) is 12.1. The van der Waals surface area contributed by atoms with Crippen molar-refractivity contribution in [3.05, 3.63) is 39.6 Å². The van der Waals surface area contributed by atoms with Gasteiger partial charge in [-0.1, -0.05) is 30.1 Å². The van der Waals surface area contributed by atoms with Crippen molar-refractivity contribution in [3.63, 3.8) is 0 Å². The Hall–Kier alpha value is -1.52. The zero-order valence-electron chi connectivity index (χ0n) is 10.6. The van der Waals surface area contributed by atoms with Crippen molar-refractivity contribution in [2.75, 3.05) is 5.73 Å². The van der Waals surface area contributed by atoms with Gasteiger partial charge in [0, 0.05) is 5.69 Å². The van der Waals surface area contributed by atoms with Gasteiger partial charge in [0.25, 0.3) is 0 Å². The molecule has 0 unspecified atom stereocenters. The summed E-state index contributed by atoms with van der Waals surface area (Å²) < 4.78 is 5.68. The van der Waals surface area contributed by atoms with E-state index >= 15 is 0 Å². The maximum Gasteiger partial charge on any atom is 0.240 e. The Kier molecular flexibility index (Phi) is 4.12. The van der Waals surface area contributed by atoms with E-state index in [4.69, 9.17) is 33.7 Å². The average Bonchev–Trinajstić information content (AvgIpc) is 2.37. The van der Waals surface area contributed by atoms with Crippen molar-refractivity contribution in [2.45, 2.75) is 20.3 Å². The van der Waals surface area contributed by atoms with Crippen molar-refractivity contribution in [2.24, 2.45) is 0 Å². The van der Waals surface area contributed by atoms with Crippen LogP contribution in [-0.2, 0) is 6.42 Å². The second kappa shape index (κ2) is 5.63. The topological polar surface area (TPSA) is 61.0 Å². The van der Waals surface area contributed by atoms with Crippen LogP contribution in [0.2, 0.25) is 10.0 Å². The second-order valence-corrected chi connectivity index (χ2v) is 4.81. The summed E-state index contributed by atoms with van der Waals surface area (Å²) in [5.74, 6) is 1.02. The highest BCUT2D eigenvalue weighted by molar-refractivity contribution is 6.36. The van der Waals surface area contributed by atoms with Gasteiger partial charge in [0.1, 0.15) is 10.8 Å². The molecule has 0 fully saturated rings. The Morgan fingerprint density at radius 1 is 1.21 bits per heavy atom. The van der Waals surface area contributed by atoms with Gasteiger partial charge in [0.2, 0.25) is 5.88 Å². The zero-order chi connectivity index (χ0) is 14.0. The number of aromatic nitrogens is 2. The summed E-state index contributed by atoms with van der Waals surface area (Å²) in [6.07, 6.45) is 0.748.